The molecule has 26 heavy (non-hydrogen) atoms. The molecule has 0 unspecified atom stereocenters. The quantitative estimate of drug-likeness (QED) is 0.866. The van der Waals surface area contributed by atoms with Crippen molar-refractivity contribution in [1.82, 2.24) is 5.32 Å². The van der Waals surface area contributed by atoms with Crippen molar-refractivity contribution in [3.8, 4) is 17.2 Å². The molecule has 0 saturated heterocycles. The standard InChI is InChI=1S/C20H22ClNO4/c1-13-4-5-14(9-17(13)24-2)11-19(23)22-12-15-8-16(21)20-18(10-15)25-6-3-7-26-20/h4-5,8-10H,3,6-7,11-12H2,1-2H3,(H,22,23). The molecule has 0 radical (unpaired) electrons. The molecule has 0 fully saturated rings. The molecule has 0 aromatic heterocycles. The van der Waals surface area contributed by atoms with Crippen molar-refractivity contribution in [2.45, 2.75) is 26.3 Å². The van der Waals surface area contributed by atoms with Gasteiger partial charge in [-0.3, -0.25) is 4.79 Å². The Balaban J connectivity index is 1.63. The Morgan fingerprint density at radius 3 is 2.81 bits per heavy atom. The normalized spacial score (nSPS) is 13.0. The van der Waals surface area contributed by atoms with Gasteiger partial charge in [0.1, 0.15) is 5.75 Å². The number of rotatable bonds is 5. The number of hydrogen-bond donors (Lipinski definition) is 1. The SMILES string of the molecule is COc1cc(CC(=O)NCc2cc(Cl)c3c(c2)OCCCO3)ccc1C. The van der Waals surface area contributed by atoms with Crippen LogP contribution in [0, 0.1) is 6.92 Å². The first-order valence-electron chi connectivity index (χ1n) is 8.55. The highest BCUT2D eigenvalue weighted by atomic mass is 35.5. The highest BCUT2D eigenvalue weighted by Crippen LogP contribution is 2.37. The van der Waals surface area contributed by atoms with E-state index in [2.05, 4.69) is 5.32 Å². The van der Waals surface area contributed by atoms with E-state index in [1.807, 2.05) is 31.2 Å². The summed E-state index contributed by atoms with van der Waals surface area (Å²) in [6.07, 6.45) is 1.10. The summed E-state index contributed by atoms with van der Waals surface area (Å²) in [7, 11) is 1.63. The molecular weight excluding hydrogens is 354 g/mol. The van der Waals surface area contributed by atoms with Crippen LogP contribution in [-0.2, 0) is 17.8 Å². The minimum Gasteiger partial charge on any atom is -0.496 e. The molecule has 1 amide bonds. The highest BCUT2D eigenvalue weighted by Gasteiger charge is 2.16. The Morgan fingerprint density at radius 2 is 2.00 bits per heavy atom. The van der Waals surface area contributed by atoms with Gasteiger partial charge in [0.05, 0.1) is 31.8 Å². The summed E-state index contributed by atoms with van der Waals surface area (Å²) in [5.41, 5.74) is 2.81. The summed E-state index contributed by atoms with van der Waals surface area (Å²) in [6.45, 7) is 3.52. The molecule has 0 atom stereocenters. The van der Waals surface area contributed by atoms with E-state index in [1.54, 1.807) is 13.2 Å². The van der Waals surface area contributed by atoms with Gasteiger partial charge in [0.2, 0.25) is 5.91 Å². The number of nitrogens with one attached hydrogen (secondary N) is 1. The predicted molar refractivity (Wildman–Crippen MR) is 100 cm³/mol. The fourth-order valence-corrected chi connectivity index (χ4v) is 3.10. The maximum Gasteiger partial charge on any atom is 0.224 e. The van der Waals surface area contributed by atoms with E-state index in [-0.39, 0.29) is 12.3 Å². The van der Waals surface area contributed by atoms with Gasteiger partial charge in [0.15, 0.2) is 11.5 Å². The van der Waals surface area contributed by atoms with Crippen molar-refractivity contribution in [3.63, 3.8) is 0 Å². The fourth-order valence-electron chi connectivity index (χ4n) is 2.81. The number of amides is 1. The van der Waals surface area contributed by atoms with Gasteiger partial charge in [-0.15, -0.1) is 0 Å². The molecule has 1 aliphatic rings. The number of benzene rings is 2. The molecule has 2 aromatic carbocycles. The maximum atomic E-state index is 12.3. The van der Waals surface area contributed by atoms with Crippen molar-refractivity contribution in [2.24, 2.45) is 0 Å². The zero-order valence-electron chi connectivity index (χ0n) is 14.9. The maximum absolute atomic E-state index is 12.3. The molecule has 2 aromatic rings. The third kappa shape index (κ3) is 4.41. The van der Waals surface area contributed by atoms with E-state index in [0.29, 0.717) is 36.3 Å². The monoisotopic (exact) mass is 375 g/mol. The van der Waals surface area contributed by atoms with Gasteiger partial charge in [0, 0.05) is 13.0 Å². The van der Waals surface area contributed by atoms with Gasteiger partial charge in [0.25, 0.3) is 0 Å². The molecule has 0 bridgehead atoms. The fraction of sp³-hybridized carbons (Fsp3) is 0.350. The van der Waals surface area contributed by atoms with Gasteiger partial charge in [-0.1, -0.05) is 23.7 Å². The van der Waals surface area contributed by atoms with Crippen LogP contribution in [0.25, 0.3) is 0 Å². The topological polar surface area (TPSA) is 56.8 Å². The van der Waals surface area contributed by atoms with Crippen LogP contribution in [0.2, 0.25) is 5.02 Å². The van der Waals surface area contributed by atoms with Crippen LogP contribution in [0.4, 0.5) is 0 Å². The van der Waals surface area contributed by atoms with Crippen molar-refractivity contribution < 1.29 is 19.0 Å². The van der Waals surface area contributed by atoms with Crippen LogP contribution >= 0.6 is 11.6 Å². The Kier molecular flexibility index (Phi) is 5.89. The molecular formula is C20H22ClNO4. The van der Waals surface area contributed by atoms with Crippen LogP contribution in [0.15, 0.2) is 30.3 Å². The summed E-state index contributed by atoms with van der Waals surface area (Å²) in [4.78, 5) is 12.3. The van der Waals surface area contributed by atoms with E-state index >= 15 is 0 Å². The molecule has 3 rings (SSSR count). The second-order valence-corrected chi connectivity index (χ2v) is 6.62. The number of ether oxygens (including phenoxy) is 3. The number of aryl methyl sites for hydroxylation is 1. The molecule has 5 nitrogen and oxygen atoms in total. The van der Waals surface area contributed by atoms with Gasteiger partial charge in [-0.25, -0.2) is 0 Å². The van der Waals surface area contributed by atoms with Gasteiger partial charge < -0.3 is 19.5 Å². The molecule has 0 spiro atoms. The lowest BCUT2D eigenvalue weighted by Gasteiger charge is -2.12. The van der Waals surface area contributed by atoms with E-state index < -0.39 is 0 Å². The van der Waals surface area contributed by atoms with Crippen LogP contribution in [-0.4, -0.2) is 26.2 Å². The second kappa shape index (κ2) is 8.32. The van der Waals surface area contributed by atoms with Crippen molar-refractivity contribution >= 4 is 17.5 Å². The van der Waals surface area contributed by atoms with Crippen LogP contribution in [0.3, 0.4) is 0 Å². The summed E-state index contributed by atoms with van der Waals surface area (Å²) in [6, 6.07) is 9.43. The third-order valence-corrected chi connectivity index (χ3v) is 4.47. The van der Waals surface area contributed by atoms with E-state index in [9.17, 15) is 4.79 Å². The molecule has 0 saturated carbocycles. The molecule has 1 heterocycles. The zero-order chi connectivity index (χ0) is 18.5. The van der Waals surface area contributed by atoms with Crippen LogP contribution < -0.4 is 19.5 Å². The summed E-state index contributed by atoms with van der Waals surface area (Å²) in [5, 5.41) is 3.41. The molecule has 138 valence electrons. The summed E-state index contributed by atoms with van der Waals surface area (Å²) < 4.78 is 16.6. The number of carbonyl (C=O) groups is 1. The summed E-state index contributed by atoms with van der Waals surface area (Å²) >= 11 is 6.28. The number of fused-ring (bicyclic) bond motifs is 1. The molecule has 1 aliphatic heterocycles. The largest absolute Gasteiger partial charge is 0.496 e. The first kappa shape index (κ1) is 18.4. The number of halogens is 1. The highest BCUT2D eigenvalue weighted by molar-refractivity contribution is 6.32. The lowest BCUT2D eigenvalue weighted by Crippen LogP contribution is -2.24. The molecule has 0 aliphatic carbocycles. The Morgan fingerprint density at radius 1 is 1.19 bits per heavy atom. The Labute approximate surface area is 158 Å². The average Bonchev–Trinajstić information content (AvgIpc) is 2.87. The number of methoxy groups -OCH3 is 1. The molecule has 6 heteroatoms. The lowest BCUT2D eigenvalue weighted by atomic mass is 10.1. The van der Waals surface area contributed by atoms with Gasteiger partial charge in [-0.2, -0.15) is 0 Å². The number of carbonyl (C=O) groups excluding carboxylic acids is 1. The second-order valence-electron chi connectivity index (χ2n) is 6.21. The Bertz CT molecular complexity index is 807. The van der Waals surface area contributed by atoms with Crippen LogP contribution in [0.1, 0.15) is 23.1 Å². The first-order chi connectivity index (χ1) is 12.6. The summed E-state index contributed by atoms with van der Waals surface area (Å²) in [5.74, 6) is 1.91. The van der Waals surface area contributed by atoms with Crippen molar-refractivity contribution in [1.29, 1.82) is 0 Å². The lowest BCUT2D eigenvalue weighted by molar-refractivity contribution is -0.120. The zero-order valence-corrected chi connectivity index (χ0v) is 15.7. The number of hydrogen-bond acceptors (Lipinski definition) is 4. The average molecular weight is 376 g/mol. The first-order valence-corrected chi connectivity index (χ1v) is 8.93. The third-order valence-electron chi connectivity index (χ3n) is 4.19. The van der Waals surface area contributed by atoms with Crippen molar-refractivity contribution in [2.75, 3.05) is 20.3 Å². The minimum absolute atomic E-state index is 0.0702. The van der Waals surface area contributed by atoms with E-state index in [1.165, 1.54) is 0 Å². The smallest absolute Gasteiger partial charge is 0.224 e. The minimum atomic E-state index is -0.0702. The predicted octanol–water partition coefficient (Wildman–Crippen LogP) is 3.68. The Hall–Kier alpha value is -2.40. The van der Waals surface area contributed by atoms with Crippen LogP contribution in [0.5, 0.6) is 17.2 Å². The van der Waals surface area contributed by atoms with Gasteiger partial charge >= 0.3 is 0 Å². The van der Waals surface area contributed by atoms with Crippen molar-refractivity contribution in [3.05, 3.63) is 52.0 Å². The van der Waals surface area contributed by atoms with Gasteiger partial charge in [-0.05, 0) is 41.8 Å². The molecule has 1 N–H and O–H groups in total. The van der Waals surface area contributed by atoms with E-state index in [4.69, 9.17) is 25.8 Å². The van der Waals surface area contributed by atoms with E-state index in [0.717, 1.165) is 28.9 Å².